The van der Waals surface area contributed by atoms with Gasteiger partial charge in [-0.1, -0.05) is 32.0 Å². The summed E-state index contributed by atoms with van der Waals surface area (Å²) in [5.74, 6) is -1.85. The monoisotopic (exact) mass is 465 g/mol. The van der Waals surface area contributed by atoms with Crippen LogP contribution in [-0.4, -0.2) is 15.9 Å². The van der Waals surface area contributed by atoms with Crippen molar-refractivity contribution in [3.63, 3.8) is 0 Å². The zero-order chi connectivity index (χ0) is 25.2. The average molecular weight is 465 g/mol. The fourth-order valence-corrected chi connectivity index (χ4v) is 2.65. The van der Waals surface area contributed by atoms with Crippen LogP contribution in [-0.2, 0) is 6.18 Å². The first-order valence-electron chi connectivity index (χ1n) is 9.91. The summed E-state index contributed by atoms with van der Waals surface area (Å²) in [6.07, 6.45) is -4.11. The predicted molar refractivity (Wildman–Crippen MR) is 122 cm³/mol. The van der Waals surface area contributed by atoms with Gasteiger partial charge in [-0.2, -0.15) is 17.6 Å². The van der Waals surface area contributed by atoms with Crippen molar-refractivity contribution in [1.82, 2.24) is 9.97 Å². The summed E-state index contributed by atoms with van der Waals surface area (Å²) in [6.45, 7) is 12.6. The Hall–Kier alpha value is -3.75. The van der Waals surface area contributed by atoms with Gasteiger partial charge >= 0.3 is 6.18 Å². The molecule has 0 aliphatic heterocycles. The van der Waals surface area contributed by atoms with Crippen molar-refractivity contribution in [2.75, 3.05) is 5.32 Å². The maximum absolute atomic E-state index is 13.3. The highest BCUT2D eigenvalue weighted by Gasteiger charge is 2.36. The maximum Gasteiger partial charge on any atom is 0.418 e. The predicted octanol–water partition coefficient (Wildman–Crippen LogP) is 7.37. The number of carbonyl (C=O) groups is 1. The van der Waals surface area contributed by atoms with Crippen LogP contribution in [0.25, 0.3) is 0 Å². The number of carbonyl (C=O) groups excluding carboxylic acids is 1. The van der Waals surface area contributed by atoms with E-state index in [1.807, 2.05) is 13.8 Å². The Kier molecular flexibility index (Phi) is 10.2. The number of rotatable bonds is 4. The minimum absolute atomic E-state index is 0. The van der Waals surface area contributed by atoms with E-state index in [4.69, 9.17) is 4.74 Å². The van der Waals surface area contributed by atoms with E-state index in [-0.39, 0.29) is 29.9 Å². The molecule has 0 radical (unpaired) electrons. The molecule has 0 bridgehead atoms. The summed E-state index contributed by atoms with van der Waals surface area (Å²) in [5.41, 5.74) is -1.24. The molecule has 178 valence electrons. The van der Waals surface area contributed by atoms with Crippen LogP contribution in [0.1, 0.15) is 42.5 Å². The van der Waals surface area contributed by atoms with Crippen LogP contribution in [0.5, 0.6) is 11.6 Å². The van der Waals surface area contributed by atoms with Crippen LogP contribution in [0.4, 0.5) is 23.2 Å². The number of aromatic nitrogens is 2. The van der Waals surface area contributed by atoms with Gasteiger partial charge in [0.25, 0.3) is 5.91 Å². The molecule has 5 nitrogen and oxygen atoms in total. The Bertz CT molecular complexity index is 1080. The number of pyridine rings is 2. The molecule has 1 aromatic carbocycles. The first-order chi connectivity index (χ1) is 15.7. The van der Waals surface area contributed by atoms with E-state index in [0.29, 0.717) is 11.9 Å². The van der Waals surface area contributed by atoms with E-state index in [0.717, 1.165) is 13.0 Å². The number of para-hydroxylation sites is 1. The quantitative estimate of drug-likeness (QED) is 0.248. The molecule has 0 aliphatic carbocycles. The number of hydrogen-bond acceptors (Lipinski definition) is 4. The zero-order valence-corrected chi connectivity index (χ0v) is 18.8. The fourth-order valence-electron chi connectivity index (χ4n) is 2.65. The lowest BCUT2D eigenvalue weighted by atomic mass is 10.0. The number of nitrogens with one attached hydrogen (secondary N) is 1. The SMILES string of the molecule is C=C.CC.Cc1nc(F)ccc1Oc1ncc(C(F)(F)F)c(C)c1C(=O)Nc1ccccc1.[HH]. The molecule has 0 saturated heterocycles. The summed E-state index contributed by atoms with van der Waals surface area (Å²) >= 11 is 0. The van der Waals surface area contributed by atoms with Crippen molar-refractivity contribution >= 4 is 11.6 Å². The molecule has 0 spiro atoms. The van der Waals surface area contributed by atoms with Gasteiger partial charge in [-0.05, 0) is 43.7 Å². The molecule has 33 heavy (non-hydrogen) atoms. The second-order valence-corrected chi connectivity index (χ2v) is 6.11. The highest BCUT2D eigenvalue weighted by Crippen LogP contribution is 2.36. The van der Waals surface area contributed by atoms with Crippen molar-refractivity contribution in [1.29, 1.82) is 0 Å². The molecule has 0 saturated carbocycles. The second-order valence-electron chi connectivity index (χ2n) is 6.11. The molecule has 3 aromatic rings. The summed E-state index contributed by atoms with van der Waals surface area (Å²) in [4.78, 5) is 20.1. The van der Waals surface area contributed by atoms with Crippen LogP contribution in [0, 0.1) is 19.8 Å². The minimum atomic E-state index is -4.70. The number of anilines is 1. The van der Waals surface area contributed by atoms with Crippen molar-refractivity contribution in [3.8, 4) is 11.6 Å². The van der Waals surface area contributed by atoms with Crippen LogP contribution in [0.2, 0.25) is 0 Å². The van der Waals surface area contributed by atoms with E-state index < -0.39 is 23.6 Å². The number of halogens is 4. The largest absolute Gasteiger partial charge is 0.436 e. The van der Waals surface area contributed by atoms with E-state index in [1.165, 1.54) is 13.0 Å². The van der Waals surface area contributed by atoms with Crippen LogP contribution < -0.4 is 10.1 Å². The topological polar surface area (TPSA) is 64.1 Å². The molecule has 0 fully saturated rings. The molecular weight excluding hydrogens is 438 g/mol. The van der Waals surface area contributed by atoms with Gasteiger partial charge in [0, 0.05) is 13.3 Å². The number of alkyl halides is 3. The zero-order valence-electron chi connectivity index (χ0n) is 18.8. The number of amides is 1. The first-order valence-corrected chi connectivity index (χ1v) is 9.91. The van der Waals surface area contributed by atoms with Crippen LogP contribution >= 0.6 is 0 Å². The number of ether oxygens (including phenoxy) is 1. The Morgan fingerprint density at radius 3 is 2.21 bits per heavy atom. The van der Waals surface area contributed by atoms with Crippen molar-refractivity contribution in [3.05, 3.63) is 90.2 Å². The normalized spacial score (nSPS) is 10.2. The van der Waals surface area contributed by atoms with Gasteiger partial charge < -0.3 is 10.1 Å². The standard InChI is InChI=1S/C20H15F4N3O2.C2H6.C2H4.H2/c1-11-14(20(22,23)24)10-25-19(29-15-8-9-16(21)26-12(15)2)17(11)18(28)27-13-6-4-3-5-7-13;2*1-2;/h3-10H,1-2H3,(H,27,28);1-2H3;1-2H2;1H. The Morgan fingerprint density at radius 2 is 1.67 bits per heavy atom. The number of aryl methyl sites for hydroxylation is 1. The average Bonchev–Trinajstić information content (AvgIpc) is 2.78. The molecule has 0 aliphatic rings. The number of benzene rings is 1. The van der Waals surface area contributed by atoms with Gasteiger partial charge in [0.1, 0.15) is 5.56 Å². The highest BCUT2D eigenvalue weighted by molar-refractivity contribution is 6.07. The van der Waals surface area contributed by atoms with Crippen molar-refractivity contribution < 1.29 is 28.5 Å². The molecule has 9 heteroatoms. The molecule has 2 heterocycles. The Labute approximate surface area is 191 Å². The molecule has 1 N–H and O–H groups in total. The van der Waals surface area contributed by atoms with Crippen LogP contribution in [0.3, 0.4) is 0 Å². The number of nitrogens with zero attached hydrogens (tertiary/aromatic N) is 2. The van der Waals surface area contributed by atoms with Gasteiger partial charge in [0.2, 0.25) is 11.8 Å². The Morgan fingerprint density at radius 1 is 1.06 bits per heavy atom. The van der Waals surface area contributed by atoms with Crippen molar-refractivity contribution in [2.45, 2.75) is 33.9 Å². The molecule has 2 aromatic heterocycles. The van der Waals surface area contributed by atoms with E-state index in [2.05, 4.69) is 28.4 Å². The number of hydrogen-bond donors (Lipinski definition) is 1. The smallest absolute Gasteiger partial charge is 0.418 e. The molecular formula is C24H27F4N3O2. The summed E-state index contributed by atoms with van der Waals surface area (Å²) in [6, 6.07) is 10.5. The molecule has 0 unspecified atom stereocenters. The summed E-state index contributed by atoms with van der Waals surface area (Å²) in [5, 5.41) is 2.53. The van der Waals surface area contributed by atoms with Gasteiger partial charge in [0.05, 0.1) is 11.3 Å². The Balaban J connectivity index is 0.00000207. The van der Waals surface area contributed by atoms with E-state index >= 15 is 0 Å². The lowest BCUT2D eigenvalue weighted by molar-refractivity contribution is -0.138. The third-order valence-electron chi connectivity index (χ3n) is 4.08. The highest BCUT2D eigenvalue weighted by atomic mass is 19.4. The second kappa shape index (κ2) is 12.3. The van der Waals surface area contributed by atoms with Crippen LogP contribution in [0.15, 0.2) is 61.8 Å². The maximum atomic E-state index is 13.3. The minimum Gasteiger partial charge on any atom is -0.436 e. The van der Waals surface area contributed by atoms with Gasteiger partial charge in [-0.15, -0.1) is 13.2 Å². The summed E-state index contributed by atoms with van der Waals surface area (Å²) < 4.78 is 58.7. The summed E-state index contributed by atoms with van der Waals surface area (Å²) in [7, 11) is 0. The van der Waals surface area contributed by atoms with E-state index in [9.17, 15) is 22.4 Å². The fraction of sp³-hybridized carbons (Fsp3) is 0.208. The first kappa shape index (κ1) is 27.3. The van der Waals surface area contributed by atoms with Gasteiger partial charge in [0.15, 0.2) is 5.75 Å². The van der Waals surface area contributed by atoms with Gasteiger partial charge in [-0.25, -0.2) is 9.97 Å². The third-order valence-corrected chi connectivity index (χ3v) is 4.08. The molecule has 1 amide bonds. The van der Waals surface area contributed by atoms with Gasteiger partial charge in [-0.3, -0.25) is 4.79 Å². The molecule has 0 atom stereocenters. The lowest BCUT2D eigenvalue weighted by Gasteiger charge is -2.17. The molecule has 3 rings (SSSR count). The van der Waals surface area contributed by atoms with Crippen molar-refractivity contribution in [2.24, 2.45) is 0 Å². The lowest BCUT2D eigenvalue weighted by Crippen LogP contribution is -2.19. The third kappa shape index (κ3) is 7.13. The van der Waals surface area contributed by atoms with E-state index in [1.54, 1.807) is 30.3 Å².